The number of hydrogen-bond donors (Lipinski definition) is 0. The van der Waals surface area contributed by atoms with E-state index in [0.717, 1.165) is 0 Å². The average molecular weight is 222 g/mol. The van der Waals surface area contributed by atoms with Crippen molar-refractivity contribution in [2.75, 3.05) is 0 Å². The molecule has 0 saturated heterocycles. The van der Waals surface area contributed by atoms with Gasteiger partial charge in [-0.15, -0.1) is 0 Å². The van der Waals surface area contributed by atoms with Crippen LogP contribution in [0.15, 0.2) is 11.8 Å². The van der Waals surface area contributed by atoms with Crippen LogP contribution < -0.4 is 0 Å². The predicted octanol–water partition coefficient (Wildman–Crippen LogP) is 2.56. The van der Waals surface area contributed by atoms with Crippen LogP contribution in [0.2, 0.25) is 0 Å². The number of hydrogen-bond acceptors (Lipinski definition) is 2. The van der Waals surface area contributed by atoms with Gasteiger partial charge in [0.15, 0.2) is 0 Å². The van der Waals surface area contributed by atoms with E-state index in [1.807, 2.05) is 0 Å². The second kappa shape index (κ2) is 3.89. The molecule has 0 aromatic heterocycles. The predicted molar refractivity (Wildman–Crippen MR) is 32.0 cm³/mol. The van der Waals surface area contributed by atoms with Crippen LogP contribution >= 0.6 is 0 Å². The molecular weight excluding hydrogens is 218 g/mol. The molecule has 0 spiro atoms. The minimum atomic E-state index is -5.35. The standard InChI is InChI=1S/C6H4F6O2/c1-3(13)14-4(6(10,11)12)2-5(7,8)9/h2H,1H3. The fourth-order valence-electron chi connectivity index (χ4n) is 0.473. The van der Waals surface area contributed by atoms with Crippen molar-refractivity contribution in [2.45, 2.75) is 19.3 Å². The Morgan fingerprint density at radius 2 is 1.57 bits per heavy atom. The Kier molecular flexibility index (Phi) is 3.55. The Hall–Kier alpha value is -1.21. The molecule has 0 radical (unpaired) electrons. The van der Waals surface area contributed by atoms with Crippen LogP contribution in [0.25, 0.3) is 0 Å². The SMILES string of the molecule is CC(=O)OC(=CC(F)(F)F)C(F)(F)F. The van der Waals surface area contributed by atoms with Crippen LogP contribution in [0.5, 0.6) is 0 Å². The molecule has 0 saturated carbocycles. The summed E-state index contributed by atoms with van der Waals surface area (Å²) in [4.78, 5) is 10.1. The molecule has 8 heteroatoms. The number of halogens is 6. The van der Waals surface area contributed by atoms with E-state index in [1.165, 1.54) is 0 Å². The largest absolute Gasteiger partial charge is 0.449 e. The van der Waals surface area contributed by atoms with Crippen molar-refractivity contribution in [3.8, 4) is 0 Å². The number of ether oxygens (including phenoxy) is 1. The van der Waals surface area contributed by atoms with Crippen molar-refractivity contribution >= 4 is 5.97 Å². The van der Waals surface area contributed by atoms with E-state index >= 15 is 0 Å². The van der Waals surface area contributed by atoms with Gasteiger partial charge in [-0.3, -0.25) is 4.79 Å². The number of carbonyl (C=O) groups is 1. The summed E-state index contributed by atoms with van der Waals surface area (Å²) in [6, 6.07) is 0. The Bertz CT molecular complexity index is 248. The maximum atomic E-state index is 11.8. The summed E-state index contributed by atoms with van der Waals surface area (Å²) in [6.07, 6.45) is -11.7. The lowest BCUT2D eigenvalue weighted by atomic mass is 10.4. The first-order valence-electron chi connectivity index (χ1n) is 3.07. The first kappa shape index (κ1) is 12.8. The molecular formula is C6H4F6O2. The molecule has 0 aliphatic heterocycles. The highest BCUT2D eigenvalue weighted by Crippen LogP contribution is 2.30. The lowest BCUT2D eigenvalue weighted by molar-refractivity contribution is -0.162. The van der Waals surface area contributed by atoms with Crippen molar-refractivity contribution < 1.29 is 35.9 Å². The number of rotatable bonds is 1. The Morgan fingerprint density at radius 3 is 1.79 bits per heavy atom. The maximum absolute atomic E-state index is 11.8. The monoisotopic (exact) mass is 222 g/mol. The Labute approximate surface area is 74.1 Å². The normalized spacial score (nSPS) is 14.1. The van der Waals surface area contributed by atoms with E-state index in [-0.39, 0.29) is 0 Å². The van der Waals surface area contributed by atoms with Crippen LogP contribution in [0, 0.1) is 0 Å². The Balaban J connectivity index is 4.93. The average Bonchev–Trinajstić information content (AvgIpc) is 1.78. The van der Waals surface area contributed by atoms with E-state index < -0.39 is 30.2 Å². The number of alkyl halides is 6. The van der Waals surface area contributed by atoms with Gasteiger partial charge in [0, 0.05) is 6.92 Å². The second-order valence-corrected chi connectivity index (χ2v) is 2.14. The molecule has 0 fully saturated rings. The summed E-state index contributed by atoms with van der Waals surface area (Å²) in [6.45, 7) is 0.565. The van der Waals surface area contributed by atoms with Gasteiger partial charge in [0.05, 0.1) is 6.08 Å². The highest BCUT2D eigenvalue weighted by molar-refractivity contribution is 5.67. The molecule has 0 bridgehead atoms. The molecule has 0 atom stereocenters. The zero-order valence-electron chi connectivity index (χ0n) is 6.66. The van der Waals surface area contributed by atoms with Gasteiger partial charge in [-0.05, 0) is 0 Å². The highest BCUT2D eigenvalue weighted by atomic mass is 19.4. The molecule has 0 aromatic rings. The zero-order chi connectivity index (χ0) is 11.6. The second-order valence-electron chi connectivity index (χ2n) is 2.14. The van der Waals surface area contributed by atoms with E-state index in [2.05, 4.69) is 4.74 Å². The fourth-order valence-corrected chi connectivity index (χ4v) is 0.473. The third-order valence-electron chi connectivity index (χ3n) is 0.828. The number of allylic oxidation sites excluding steroid dienone is 2. The van der Waals surface area contributed by atoms with Crippen LogP contribution in [0.3, 0.4) is 0 Å². The summed E-state index contributed by atoms with van der Waals surface area (Å²) >= 11 is 0. The molecule has 2 nitrogen and oxygen atoms in total. The van der Waals surface area contributed by atoms with Crippen molar-refractivity contribution in [3.63, 3.8) is 0 Å². The van der Waals surface area contributed by atoms with Gasteiger partial charge >= 0.3 is 18.3 Å². The molecule has 0 aliphatic carbocycles. The van der Waals surface area contributed by atoms with Gasteiger partial charge in [-0.1, -0.05) is 0 Å². The molecule has 82 valence electrons. The molecule has 14 heavy (non-hydrogen) atoms. The van der Waals surface area contributed by atoms with Crippen LogP contribution in [-0.4, -0.2) is 18.3 Å². The van der Waals surface area contributed by atoms with Crippen LogP contribution in [-0.2, 0) is 9.53 Å². The molecule has 0 aromatic carbocycles. The maximum Gasteiger partial charge on any atom is 0.449 e. The summed E-state index contributed by atoms with van der Waals surface area (Å²) in [7, 11) is 0. The van der Waals surface area contributed by atoms with E-state index in [0.29, 0.717) is 6.92 Å². The summed E-state index contributed by atoms with van der Waals surface area (Å²) in [5.41, 5.74) is 0. The van der Waals surface area contributed by atoms with Gasteiger partial charge in [0.2, 0.25) is 5.76 Å². The van der Waals surface area contributed by atoms with E-state index in [4.69, 9.17) is 0 Å². The molecule has 0 heterocycles. The molecule has 0 N–H and O–H groups in total. The minimum Gasteiger partial charge on any atom is -0.421 e. The molecule has 0 aliphatic rings. The van der Waals surface area contributed by atoms with Gasteiger partial charge in [0.1, 0.15) is 0 Å². The van der Waals surface area contributed by atoms with Crippen molar-refractivity contribution in [1.82, 2.24) is 0 Å². The minimum absolute atomic E-state index is 0.565. The highest BCUT2D eigenvalue weighted by Gasteiger charge is 2.41. The summed E-state index contributed by atoms with van der Waals surface area (Å²) in [5.74, 6) is -3.85. The smallest absolute Gasteiger partial charge is 0.421 e. The third kappa shape index (κ3) is 5.44. The zero-order valence-corrected chi connectivity index (χ0v) is 6.66. The van der Waals surface area contributed by atoms with Crippen molar-refractivity contribution in [3.05, 3.63) is 11.8 Å². The van der Waals surface area contributed by atoms with Gasteiger partial charge < -0.3 is 4.74 Å². The number of esters is 1. The Morgan fingerprint density at radius 1 is 1.14 bits per heavy atom. The van der Waals surface area contributed by atoms with Gasteiger partial charge in [-0.25, -0.2) is 0 Å². The van der Waals surface area contributed by atoms with Crippen LogP contribution in [0.4, 0.5) is 26.3 Å². The lowest BCUT2D eigenvalue weighted by Crippen LogP contribution is -2.20. The third-order valence-corrected chi connectivity index (χ3v) is 0.828. The van der Waals surface area contributed by atoms with Gasteiger partial charge in [0.25, 0.3) is 0 Å². The van der Waals surface area contributed by atoms with E-state index in [9.17, 15) is 31.1 Å². The van der Waals surface area contributed by atoms with Crippen molar-refractivity contribution in [1.29, 1.82) is 0 Å². The van der Waals surface area contributed by atoms with Crippen LogP contribution in [0.1, 0.15) is 6.92 Å². The lowest BCUT2D eigenvalue weighted by Gasteiger charge is -2.11. The number of carbonyl (C=O) groups excluding carboxylic acids is 1. The molecule has 0 amide bonds. The first-order chi connectivity index (χ1) is 6.02. The summed E-state index contributed by atoms with van der Waals surface area (Å²) < 4.78 is 73.2. The quantitative estimate of drug-likeness (QED) is 0.387. The molecule has 0 rings (SSSR count). The topological polar surface area (TPSA) is 26.3 Å². The summed E-state index contributed by atoms with van der Waals surface area (Å²) in [5, 5.41) is 0. The fraction of sp³-hybridized carbons (Fsp3) is 0.500. The molecule has 0 unspecified atom stereocenters. The van der Waals surface area contributed by atoms with Crippen molar-refractivity contribution in [2.24, 2.45) is 0 Å². The van der Waals surface area contributed by atoms with E-state index in [1.54, 1.807) is 0 Å². The van der Waals surface area contributed by atoms with Gasteiger partial charge in [-0.2, -0.15) is 26.3 Å². The first-order valence-corrected chi connectivity index (χ1v) is 3.07.